The summed E-state index contributed by atoms with van der Waals surface area (Å²) >= 11 is 0. The predicted molar refractivity (Wildman–Crippen MR) is 110 cm³/mol. The molecule has 7 nitrogen and oxygen atoms in total. The Morgan fingerprint density at radius 2 is 2.07 bits per heavy atom. The van der Waals surface area contributed by atoms with Gasteiger partial charge in [-0.1, -0.05) is 0 Å². The van der Waals surface area contributed by atoms with Crippen LogP contribution in [-0.2, 0) is 29.1 Å². The summed E-state index contributed by atoms with van der Waals surface area (Å²) in [5.41, 5.74) is 2.32. The van der Waals surface area contributed by atoms with Gasteiger partial charge >= 0.3 is 6.09 Å². The number of pyridine rings is 1. The molecule has 1 N–H and O–H groups in total. The molecule has 2 atom stereocenters. The first-order chi connectivity index (χ1) is 13.7. The van der Waals surface area contributed by atoms with Crippen molar-refractivity contribution in [3.05, 3.63) is 22.9 Å². The fourth-order valence-corrected chi connectivity index (χ4v) is 4.33. The Balaban J connectivity index is 1.49. The van der Waals surface area contributed by atoms with Crippen molar-refractivity contribution in [3.8, 4) is 0 Å². The molecule has 1 aromatic rings. The lowest BCUT2D eigenvalue weighted by Gasteiger charge is -2.43. The van der Waals surface area contributed by atoms with E-state index in [-0.39, 0.29) is 24.8 Å². The maximum atomic E-state index is 12.6. The van der Waals surface area contributed by atoms with Gasteiger partial charge in [0, 0.05) is 31.3 Å². The van der Waals surface area contributed by atoms with Gasteiger partial charge in [0.1, 0.15) is 11.4 Å². The third-order valence-electron chi connectivity index (χ3n) is 5.84. The Morgan fingerprint density at radius 1 is 1.31 bits per heavy atom. The molecule has 7 heteroatoms. The second kappa shape index (κ2) is 7.76. The highest BCUT2D eigenvalue weighted by Crippen LogP contribution is 2.37. The lowest BCUT2D eigenvalue weighted by atomic mass is 10.1. The zero-order valence-corrected chi connectivity index (χ0v) is 18.0. The molecule has 4 rings (SSSR count). The van der Waals surface area contributed by atoms with Crippen molar-refractivity contribution in [3.63, 3.8) is 0 Å². The van der Waals surface area contributed by atoms with Gasteiger partial charge in [0.05, 0.1) is 24.9 Å². The Kier molecular flexibility index (Phi) is 5.46. The van der Waals surface area contributed by atoms with Crippen molar-refractivity contribution in [1.82, 2.24) is 9.88 Å². The van der Waals surface area contributed by atoms with E-state index >= 15 is 0 Å². The van der Waals surface area contributed by atoms with Gasteiger partial charge in [0.15, 0.2) is 0 Å². The third-order valence-corrected chi connectivity index (χ3v) is 5.84. The van der Waals surface area contributed by atoms with Gasteiger partial charge in [0.25, 0.3) is 0 Å². The van der Waals surface area contributed by atoms with Crippen molar-refractivity contribution in [2.24, 2.45) is 5.92 Å². The van der Waals surface area contributed by atoms with E-state index < -0.39 is 5.60 Å². The molecular weight excluding hydrogens is 370 g/mol. The summed E-state index contributed by atoms with van der Waals surface area (Å²) in [7, 11) is 0. The van der Waals surface area contributed by atoms with Crippen molar-refractivity contribution < 1.29 is 19.4 Å². The molecule has 0 spiro atoms. The molecule has 0 unspecified atom stereocenters. The number of aliphatic hydroxyl groups excluding tert-OH is 1. The van der Waals surface area contributed by atoms with Crippen LogP contribution in [0.2, 0.25) is 0 Å². The van der Waals surface area contributed by atoms with Crippen LogP contribution in [-0.4, -0.2) is 58.5 Å². The van der Waals surface area contributed by atoms with Crippen LogP contribution in [0.15, 0.2) is 6.07 Å². The van der Waals surface area contributed by atoms with Gasteiger partial charge in [-0.25, -0.2) is 9.78 Å². The fourth-order valence-electron chi connectivity index (χ4n) is 4.33. The summed E-state index contributed by atoms with van der Waals surface area (Å²) in [5, 5.41) is 9.83. The van der Waals surface area contributed by atoms with Gasteiger partial charge in [-0.15, -0.1) is 0 Å². The van der Waals surface area contributed by atoms with E-state index in [9.17, 15) is 9.90 Å². The van der Waals surface area contributed by atoms with E-state index in [4.69, 9.17) is 14.5 Å². The number of ether oxygens (including phenoxy) is 2. The number of piperazine rings is 1. The normalized spacial score (nSPS) is 23.8. The number of hydrogen-bond donors (Lipinski definition) is 1. The number of aliphatic hydroxyl groups is 1. The second-order valence-electron chi connectivity index (χ2n) is 9.69. The average Bonchev–Trinajstić information content (AvgIpc) is 3.38. The maximum absolute atomic E-state index is 12.6. The van der Waals surface area contributed by atoms with Gasteiger partial charge in [-0.05, 0) is 64.5 Å². The lowest BCUT2D eigenvalue weighted by Crippen LogP contribution is -2.58. The number of rotatable bonds is 5. The smallest absolute Gasteiger partial charge is 0.410 e. The van der Waals surface area contributed by atoms with Crippen molar-refractivity contribution in [2.45, 2.75) is 77.9 Å². The standard InChI is InChI=1S/C22H33N3O4/c1-14-9-24(21(27)29-22(2,3)4)10-18-8-16-7-17(11-26)19(23-20(16)25(14)18)13-28-12-15-5-6-15/h7,14-15,18,26H,5-6,8-13H2,1-4H3/t14-,18-/m1/s1. The minimum absolute atomic E-state index is 0.0351. The molecule has 1 saturated heterocycles. The number of hydrogen-bond acceptors (Lipinski definition) is 6. The molecule has 29 heavy (non-hydrogen) atoms. The summed E-state index contributed by atoms with van der Waals surface area (Å²) in [5.74, 6) is 1.68. The van der Waals surface area contributed by atoms with E-state index in [1.807, 2.05) is 25.7 Å². The molecule has 0 aromatic carbocycles. The summed E-state index contributed by atoms with van der Waals surface area (Å²) in [6.45, 7) is 10.2. The van der Waals surface area contributed by atoms with E-state index in [0.717, 1.165) is 35.7 Å². The average molecular weight is 404 g/mol. The number of anilines is 1. The van der Waals surface area contributed by atoms with Crippen LogP contribution >= 0.6 is 0 Å². The Labute approximate surface area is 173 Å². The molecule has 2 fully saturated rings. The van der Waals surface area contributed by atoms with Crippen LogP contribution in [0.25, 0.3) is 0 Å². The van der Waals surface area contributed by atoms with Gasteiger partial charge in [0.2, 0.25) is 0 Å². The highest BCUT2D eigenvalue weighted by Gasteiger charge is 2.41. The Hall–Kier alpha value is -1.86. The number of carbonyl (C=O) groups is 1. The summed E-state index contributed by atoms with van der Waals surface area (Å²) in [6, 6.07) is 2.40. The molecule has 3 aliphatic rings. The highest BCUT2D eigenvalue weighted by atomic mass is 16.6. The van der Waals surface area contributed by atoms with Crippen LogP contribution in [0.3, 0.4) is 0 Å². The molecule has 3 heterocycles. The van der Waals surface area contributed by atoms with E-state index in [2.05, 4.69) is 17.9 Å². The van der Waals surface area contributed by atoms with Gasteiger partial charge < -0.3 is 24.4 Å². The zero-order chi connectivity index (χ0) is 20.8. The quantitative estimate of drug-likeness (QED) is 0.815. The summed E-state index contributed by atoms with van der Waals surface area (Å²) in [6.07, 6.45) is 3.08. The lowest BCUT2D eigenvalue weighted by molar-refractivity contribution is 0.0191. The number of carbonyl (C=O) groups excluding carboxylic acids is 1. The first kappa shape index (κ1) is 20.4. The molecule has 1 saturated carbocycles. The minimum Gasteiger partial charge on any atom is -0.444 e. The predicted octanol–water partition coefficient (Wildman–Crippen LogP) is 2.87. The number of aromatic nitrogens is 1. The fraction of sp³-hybridized carbons (Fsp3) is 0.727. The molecule has 0 bridgehead atoms. The van der Waals surface area contributed by atoms with Crippen LogP contribution in [0, 0.1) is 5.92 Å². The van der Waals surface area contributed by atoms with E-state index in [0.29, 0.717) is 25.6 Å². The van der Waals surface area contributed by atoms with Gasteiger partial charge in [-0.3, -0.25) is 0 Å². The largest absolute Gasteiger partial charge is 0.444 e. The van der Waals surface area contributed by atoms with Crippen LogP contribution in [0.1, 0.15) is 57.4 Å². The summed E-state index contributed by atoms with van der Waals surface area (Å²) < 4.78 is 11.4. The van der Waals surface area contributed by atoms with Crippen LogP contribution in [0.5, 0.6) is 0 Å². The number of fused-ring (bicyclic) bond motifs is 3. The molecule has 1 aliphatic carbocycles. The first-order valence-electron chi connectivity index (χ1n) is 10.7. The zero-order valence-electron chi connectivity index (χ0n) is 18.0. The Morgan fingerprint density at radius 3 is 2.72 bits per heavy atom. The minimum atomic E-state index is -0.497. The molecule has 1 aromatic heterocycles. The maximum Gasteiger partial charge on any atom is 0.410 e. The number of nitrogens with zero attached hydrogens (tertiary/aromatic N) is 3. The second-order valence-corrected chi connectivity index (χ2v) is 9.69. The molecule has 160 valence electrons. The molecular formula is C22H33N3O4. The van der Waals surface area contributed by atoms with Crippen molar-refractivity contribution in [2.75, 3.05) is 24.6 Å². The van der Waals surface area contributed by atoms with Crippen molar-refractivity contribution >= 4 is 11.9 Å². The topological polar surface area (TPSA) is 75.1 Å². The van der Waals surface area contributed by atoms with Crippen LogP contribution < -0.4 is 4.90 Å². The Bertz CT molecular complexity index is 772. The number of amides is 1. The van der Waals surface area contributed by atoms with E-state index in [1.54, 1.807) is 0 Å². The monoisotopic (exact) mass is 403 g/mol. The summed E-state index contributed by atoms with van der Waals surface area (Å²) in [4.78, 5) is 21.6. The third kappa shape index (κ3) is 4.51. The SMILES string of the molecule is C[C@@H]1CN(C(=O)OC(C)(C)C)C[C@H]2Cc3cc(CO)c(COCC4CC4)nc3N21. The first-order valence-corrected chi connectivity index (χ1v) is 10.7. The van der Waals surface area contributed by atoms with Crippen LogP contribution in [0.4, 0.5) is 10.6 Å². The highest BCUT2D eigenvalue weighted by molar-refractivity contribution is 5.69. The molecule has 1 amide bonds. The van der Waals surface area contributed by atoms with Gasteiger partial charge in [-0.2, -0.15) is 0 Å². The molecule has 0 radical (unpaired) electrons. The molecule has 2 aliphatic heterocycles. The van der Waals surface area contributed by atoms with Crippen molar-refractivity contribution in [1.29, 1.82) is 0 Å². The van der Waals surface area contributed by atoms with E-state index in [1.165, 1.54) is 12.8 Å².